The van der Waals surface area contributed by atoms with Crippen LogP contribution in [0.1, 0.15) is 44.2 Å². The zero-order valence-electron chi connectivity index (χ0n) is 19.4. The first-order valence-electron chi connectivity index (χ1n) is 10.7. The van der Waals surface area contributed by atoms with Crippen molar-refractivity contribution in [1.82, 2.24) is 4.90 Å². The van der Waals surface area contributed by atoms with E-state index in [0.29, 0.717) is 36.6 Å². The van der Waals surface area contributed by atoms with Gasteiger partial charge in [-0.15, -0.1) is 0 Å². The number of ether oxygens (including phenoxy) is 2. The number of aryl methyl sites for hydroxylation is 2. The molecule has 164 valence electrons. The van der Waals surface area contributed by atoms with E-state index in [-0.39, 0.29) is 11.9 Å². The SMILES string of the molecule is COc1cc(C)cc(C)c1C(=O)N1Cc2ccc(C#N)cc2C1COCC[Si](C)(C)C. The molecule has 1 aliphatic heterocycles. The van der Waals surface area contributed by atoms with Crippen LogP contribution in [0.2, 0.25) is 25.7 Å². The van der Waals surface area contributed by atoms with Crippen molar-refractivity contribution in [2.75, 3.05) is 20.3 Å². The van der Waals surface area contributed by atoms with Gasteiger partial charge in [-0.25, -0.2) is 0 Å². The second kappa shape index (κ2) is 9.25. The van der Waals surface area contributed by atoms with E-state index in [1.165, 1.54) is 0 Å². The van der Waals surface area contributed by atoms with Crippen LogP contribution in [0.15, 0.2) is 30.3 Å². The molecule has 0 bridgehead atoms. The number of amides is 1. The maximum absolute atomic E-state index is 13.7. The first-order valence-corrected chi connectivity index (χ1v) is 14.4. The number of fused-ring (bicyclic) bond motifs is 1. The molecular weight excluding hydrogens is 404 g/mol. The van der Waals surface area contributed by atoms with Gasteiger partial charge >= 0.3 is 0 Å². The second-order valence-electron chi connectivity index (χ2n) is 9.52. The van der Waals surface area contributed by atoms with E-state index in [1.807, 2.05) is 49.1 Å². The quantitative estimate of drug-likeness (QED) is 0.440. The maximum Gasteiger partial charge on any atom is 0.258 e. The molecule has 0 aliphatic carbocycles. The fourth-order valence-corrected chi connectivity index (χ4v) is 4.81. The van der Waals surface area contributed by atoms with Gasteiger partial charge < -0.3 is 14.4 Å². The zero-order valence-corrected chi connectivity index (χ0v) is 20.4. The molecule has 1 unspecified atom stereocenters. The number of methoxy groups -OCH3 is 1. The molecule has 0 saturated heterocycles. The normalized spacial score (nSPS) is 15.5. The highest BCUT2D eigenvalue weighted by molar-refractivity contribution is 6.76. The summed E-state index contributed by atoms with van der Waals surface area (Å²) in [4.78, 5) is 15.6. The highest BCUT2D eigenvalue weighted by atomic mass is 28.3. The molecule has 1 heterocycles. The summed E-state index contributed by atoms with van der Waals surface area (Å²) in [5, 5.41) is 9.37. The number of rotatable bonds is 7. The molecule has 0 N–H and O–H groups in total. The van der Waals surface area contributed by atoms with E-state index < -0.39 is 8.07 Å². The standard InChI is InChI=1S/C25H32N2O3Si/c1-17-11-18(2)24(23(12-17)29-3)25(28)27-15-20-8-7-19(14-26)13-21(20)22(27)16-30-9-10-31(4,5)6/h7-8,11-13,22H,9-10,15-16H2,1-6H3. The second-order valence-corrected chi connectivity index (χ2v) is 15.1. The lowest BCUT2D eigenvalue weighted by molar-refractivity contribution is 0.0482. The van der Waals surface area contributed by atoms with Gasteiger partial charge in [-0.05, 0) is 60.3 Å². The average molecular weight is 437 g/mol. The molecule has 0 spiro atoms. The minimum atomic E-state index is -1.20. The lowest BCUT2D eigenvalue weighted by Gasteiger charge is -2.27. The smallest absolute Gasteiger partial charge is 0.258 e. The Morgan fingerprint density at radius 2 is 1.97 bits per heavy atom. The van der Waals surface area contributed by atoms with Crippen molar-refractivity contribution in [2.45, 2.75) is 52.1 Å². The van der Waals surface area contributed by atoms with Crippen molar-refractivity contribution in [1.29, 1.82) is 5.26 Å². The number of nitrogens with zero attached hydrogens (tertiary/aromatic N) is 2. The van der Waals surface area contributed by atoms with E-state index in [4.69, 9.17) is 9.47 Å². The van der Waals surface area contributed by atoms with Crippen LogP contribution in [-0.4, -0.2) is 39.2 Å². The Hall–Kier alpha value is -2.62. The Balaban J connectivity index is 1.93. The predicted octanol–water partition coefficient (Wildman–Crippen LogP) is 5.24. The van der Waals surface area contributed by atoms with E-state index in [1.54, 1.807) is 7.11 Å². The lowest BCUT2D eigenvalue weighted by Crippen LogP contribution is -2.33. The highest BCUT2D eigenvalue weighted by Crippen LogP contribution is 2.38. The van der Waals surface area contributed by atoms with E-state index >= 15 is 0 Å². The first-order chi connectivity index (χ1) is 14.6. The predicted molar refractivity (Wildman–Crippen MR) is 125 cm³/mol. The van der Waals surface area contributed by atoms with Crippen LogP contribution in [0.3, 0.4) is 0 Å². The lowest BCUT2D eigenvalue weighted by atomic mass is 10.0. The Bertz CT molecular complexity index is 1020. The summed E-state index contributed by atoms with van der Waals surface area (Å²) in [6.45, 7) is 12.5. The van der Waals surface area contributed by atoms with Gasteiger partial charge in [0.2, 0.25) is 0 Å². The van der Waals surface area contributed by atoms with Crippen LogP contribution < -0.4 is 4.74 Å². The monoisotopic (exact) mass is 436 g/mol. The summed E-state index contributed by atoms with van der Waals surface area (Å²) in [6, 6.07) is 12.6. The molecule has 1 atom stereocenters. The molecule has 0 saturated carbocycles. The summed E-state index contributed by atoms with van der Waals surface area (Å²) in [6.07, 6.45) is 0. The van der Waals surface area contributed by atoms with Gasteiger partial charge in [-0.3, -0.25) is 4.79 Å². The van der Waals surface area contributed by atoms with E-state index in [9.17, 15) is 10.1 Å². The van der Waals surface area contributed by atoms with Crippen LogP contribution in [-0.2, 0) is 11.3 Å². The molecule has 31 heavy (non-hydrogen) atoms. The fraction of sp³-hybridized carbons (Fsp3) is 0.440. The van der Waals surface area contributed by atoms with Crippen LogP contribution in [0.5, 0.6) is 5.75 Å². The molecule has 0 fully saturated rings. The third kappa shape index (κ3) is 5.17. The van der Waals surface area contributed by atoms with Crippen molar-refractivity contribution in [2.24, 2.45) is 0 Å². The summed E-state index contributed by atoms with van der Waals surface area (Å²) >= 11 is 0. The largest absolute Gasteiger partial charge is 0.496 e. The summed E-state index contributed by atoms with van der Waals surface area (Å²) < 4.78 is 11.6. The van der Waals surface area contributed by atoms with Crippen molar-refractivity contribution < 1.29 is 14.3 Å². The summed E-state index contributed by atoms with van der Waals surface area (Å²) in [5.74, 6) is 0.525. The van der Waals surface area contributed by atoms with Crippen molar-refractivity contribution in [3.05, 3.63) is 63.7 Å². The molecule has 2 aromatic rings. The molecule has 1 aliphatic rings. The van der Waals surface area contributed by atoms with Gasteiger partial charge in [0.05, 0.1) is 37.0 Å². The minimum Gasteiger partial charge on any atom is -0.496 e. The molecule has 0 aromatic heterocycles. The number of benzene rings is 2. The topological polar surface area (TPSA) is 62.6 Å². The van der Waals surface area contributed by atoms with Gasteiger partial charge in [-0.2, -0.15) is 5.26 Å². The summed E-state index contributed by atoms with van der Waals surface area (Å²) in [5.41, 5.74) is 5.21. The van der Waals surface area contributed by atoms with Gasteiger partial charge in [0, 0.05) is 21.2 Å². The van der Waals surface area contributed by atoms with Crippen molar-refractivity contribution >= 4 is 14.0 Å². The third-order valence-electron chi connectivity index (χ3n) is 5.76. The van der Waals surface area contributed by atoms with Crippen LogP contribution >= 0.6 is 0 Å². The van der Waals surface area contributed by atoms with E-state index in [0.717, 1.165) is 28.3 Å². The van der Waals surface area contributed by atoms with Gasteiger partial charge in [-0.1, -0.05) is 31.8 Å². The van der Waals surface area contributed by atoms with Crippen LogP contribution in [0, 0.1) is 25.2 Å². The molecular formula is C25H32N2O3Si. The number of hydrogen-bond donors (Lipinski definition) is 0. The third-order valence-corrected chi connectivity index (χ3v) is 7.47. The molecule has 1 amide bonds. The Morgan fingerprint density at radius 1 is 1.23 bits per heavy atom. The maximum atomic E-state index is 13.7. The molecule has 6 heteroatoms. The van der Waals surface area contributed by atoms with Crippen LogP contribution in [0.4, 0.5) is 0 Å². The molecule has 2 aromatic carbocycles. The number of nitriles is 1. The molecule has 5 nitrogen and oxygen atoms in total. The minimum absolute atomic E-state index is 0.0668. The van der Waals surface area contributed by atoms with Crippen molar-refractivity contribution in [3.8, 4) is 11.8 Å². The number of hydrogen-bond acceptors (Lipinski definition) is 4. The Kier molecular flexibility index (Phi) is 6.88. The molecule has 3 rings (SSSR count). The number of carbonyl (C=O) groups excluding carboxylic acids is 1. The van der Waals surface area contributed by atoms with Crippen molar-refractivity contribution in [3.63, 3.8) is 0 Å². The first kappa shape index (κ1) is 23.0. The molecule has 0 radical (unpaired) electrons. The van der Waals surface area contributed by atoms with Gasteiger partial charge in [0.25, 0.3) is 5.91 Å². The fourth-order valence-electron chi connectivity index (χ4n) is 4.05. The average Bonchev–Trinajstić information content (AvgIpc) is 3.07. The van der Waals surface area contributed by atoms with Gasteiger partial charge in [0.1, 0.15) is 5.75 Å². The van der Waals surface area contributed by atoms with Gasteiger partial charge in [0.15, 0.2) is 0 Å². The van der Waals surface area contributed by atoms with Crippen LogP contribution in [0.25, 0.3) is 0 Å². The Labute approximate surface area is 186 Å². The zero-order chi connectivity index (χ0) is 22.8. The highest BCUT2D eigenvalue weighted by Gasteiger charge is 2.36. The summed E-state index contributed by atoms with van der Waals surface area (Å²) in [7, 11) is 0.395. The number of carbonyl (C=O) groups is 1. The van der Waals surface area contributed by atoms with E-state index in [2.05, 4.69) is 25.7 Å². The Morgan fingerprint density at radius 3 is 2.61 bits per heavy atom.